The van der Waals surface area contributed by atoms with E-state index in [4.69, 9.17) is 0 Å². The number of carbonyl (C=O) groups excluding carboxylic acids is 2. The number of amides is 2. The fraction of sp³-hybridized carbons (Fsp3) is 0.222. The number of carbonyl (C=O) groups is 2. The summed E-state index contributed by atoms with van der Waals surface area (Å²) >= 11 is 0. The molecule has 0 spiro atoms. The Balaban J connectivity index is 1.76. The molecule has 1 aliphatic rings. The molecule has 1 saturated heterocycles. The summed E-state index contributed by atoms with van der Waals surface area (Å²) in [6, 6.07) is 7.34. The normalized spacial score (nSPS) is 14.9. The van der Waals surface area contributed by atoms with Crippen molar-refractivity contribution in [1.82, 2.24) is 0 Å². The molecule has 2 aromatic rings. The number of benzene rings is 2. The third-order valence-electron chi connectivity index (χ3n) is 4.46. The Morgan fingerprint density at radius 2 is 1.83 bits per heavy atom. The molecule has 12 heteroatoms. The van der Waals surface area contributed by atoms with E-state index in [0.29, 0.717) is 24.2 Å². The van der Waals surface area contributed by atoms with Gasteiger partial charge in [-0.25, -0.2) is 8.42 Å². The third kappa shape index (κ3) is 4.38. The van der Waals surface area contributed by atoms with E-state index < -0.39 is 38.3 Å². The van der Waals surface area contributed by atoms with Crippen molar-refractivity contribution >= 4 is 44.6 Å². The molecule has 1 fully saturated rings. The maximum atomic E-state index is 13.4. The maximum absolute atomic E-state index is 13.4. The van der Waals surface area contributed by atoms with Gasteiger partial charge in [0.15, 0.2) is 0 Å². The molecule has 0 aliphatic carbocycles. The van der Waals surface area contributed by atoms with Crippen LogP contribution in [-0.4, -0.2) is 37.5 Å². The first kappa shape index (κ1) is 21.2. The number of hydrogen-bond acceptors (Lipinski definition) is 6. The highest BCUT2D eigenvalue weighted by molar-refractivity contribution is 7.93. The second-order valence-electron chi connectivity index (χ2n) is 6.57. The summed E-state index contributed by atoms with van der Waals surface area (Å²) in [6.07, 6.45) is 0.490. The minimum atomic E-state index is -3.41. The van der Waals surface area contributed by atoms with E-state index in [-0.39, 0.29) is 17.1 Å². The van der Waals surface area contributed by atoms with Crippen LogP contribution in [0.25, 0.3) is 0 Å². The molecule has 0 radical (unpaired) electrons. The first-order valence-electron chi connectivity index (χ1n) is 8.76. The topological polar surface area (TPSA) is 139 Å². The number of nitrogens with one attached hydrogen (secondary N) is 2. The SMILES string of the molecule is Cc1ccc(N2CCCS2(=O)=O)cc1NC(=O)C(=O)Nc1ccc(F)c([N+](=O)[O-])c1. The first-order valence-corrected chi connectivity index (χ1v) is 10.4. The molecule has 2 amide bonds. The predicted molar refractivity (Wildman–Crippen MR) is 107 cm³/mol. The van der Waals surface area contributed by atoms with E-state index in [9.17, 15) is 32.5 Å². The minimum Gasteiger partial charge on any atom is -0.318 e. The van der Waals surface area contributed by atoms with Crippen molar-refractivity contribution in [2.45, 2.75) is 13.3 Å². The molecule has 2 N–H and O–H groups in total. The molecule has 0 aromatic heterocycles. The monoisotopic (exact) mass is 436 g/mol. The van der Waals surface area contributed by atoms with Crippen LogP contribution in [0.4, 0.5) is 27.1 Å². The lowest BCUT2D eigenvalue weighted by atomic mass is 10.1. The van der Waals surface area contributed by atoms with E-state index >= 15 is 0 Å². The lowest BCUT2D eigenvalue weighted by Crippen LogP contribution is -2.30. The van der Waals surface area contributed by atoms with Crippen LogP contribution in [0.2, 0.25) is 0 Å². The highest BCUT2D eigenvalue weighted by Crippen LogP contribution is 2.28. The van der Waals surface area contributed by atoms with Crippen LogP contribution in [0.15, 0.2) is 36.4 Å². The van der Waals surface area contributed by atoms with Gasteiger partial charge < -0.3 is 10.6 Å². The number of nitrogens with zero attached hydrogens (tertiary/aromatic N) is 2. The zero-order valence-corrected chi connectivity index (χ0v) is 16.5. The van der Waals surface area contributed by atoms with Crippen molar-refractivity contribution in [2.75, 3.05) is 27.2 Å². The average molecular weight is 436 g/mol. The zero-order valence-electron chi connectivity index (χ0n) is 15.7. The first-order chi connectivity index (χ1) is 14.1. The zero-order chi connectivity index (χ0) is 22.1. The lowest BCUT2D eigenvalue weighted by molar-refractivity contribution is -0.387. The molecule has 0 bridgehead atoms. The molecule has 3 rings (SSSR count). The van der Waals surface area contributed by atoms with Gasteiger partial charge in [0.25, 0.3) is 0 Å². The van der Waals surface area contributed by atoms with Gasteiger partial charge in [0.05, 0.1) is 16.4 Å². The summed E-state index contributed by atoms with van der Waals surface area (Å²) in [6.45, 7) is 1.99. The molecule has 0 atom stereocenters. The van der Waals surface area contributed by atoms with E-state index in [1.807, 2.05) is 0 Å². The van der Waals surface area contributed by atoms with Gasteiger partial charge in [-0.15, -0.1) is 0 Å². The lowest BCUT2D eigenvalue weighted by Gasteiger charge is -2.19. The van der Waals surface area contributed by atoms with Gasteiger partial charge in [-0.1, -0.05) is 6.07 Å². The van der Waals surface area contributed by atoms with Crippen LogP contribution in [0, 0.1) is 22.9 Å². The second-order valence-corrected chi connectivity index (χ2v) is 8.59. The summed E-state index contributed by atoms with van der Waals surface area (Å²) in [7, 11) is -3.41. The fourth-order valence-corrected chi connectivity index (χ4v) is 4.48. The summed E-state index contributed by atoms with van der Waals surface area (Å²) in [4.78, 5) is 34.2. The van der Waals surface area contributed by atoms with Crippen LogP contribution in [0.5, 0.6) is 0 Å². The molecule has 0 saturated carbocycles. The number of rotatable bonds is 4. The summed E-state index contributed by atoms with van der Waals surface area (Å²) < 4.78 is 38.8. The van der Waals surface area contributed by atoms with Crippen LogP contribution in [-0.2, 0) is 19.6 Å². The van der Waals surface area contributed by atoms with Crippen LogP contribution in [0.3, 0.4) is 0 Å². The summed E-state index contributed by atoms with van der Waals surface area (Å²) in [5, 5.41) is 15.3. The fourth-order valence-electron chi connectivity index (χ4n) is 2.93. The molecule has 0 unspecified atom stereocenters. The smallest absolute Gasteiger partial charge is 0.314 e. The van der Waals surface area contributed by atoms with Gasteiger partial charge in [0, 0.05) is 24.0 Å². The van der Waals surface area contributed by atoms with Crippen molar-refractivity contribution < 1.29 is 27.3 Å². The standard InChI is InChI=1S/C18H17FN4O6S/c1-11-3-5-13(22-7-2-8-30(22,28)29)10-15(11)21-18(25)17(24)20-12-4-6-14(19)16(9-12)23(26)27/h3-6,9-10H,2,7-8H2,1H3,(H,20,24)(H,21,25). The van der Waals surface area contributed by atoms with Crippen molar-refractivity contribution in [3.05, 3.63) is 57.9 Å². The average Bonchev–Trinajstić information content (AvgIpc) is 3.03. The van der Waals surface area contributed by atoms with Crippen molar-refractivity contribution in [1.29, 1.82) is 0 Å². The van der Waals surface area contributed by atoms with Gasteiger partial charge in [-0.2, -0.15) is 4.39 Å². The number of aryl methyl sites for hydroxylation is 1. The Bertz CT molecular complexity index is 1150. The molecular weight excluding hydrogens is 419 g/mol. The highest BCUT2D eigenvalue weighted by Gasteiger charge is 2.29. The van der Waals surface area contributed by atoms with Crippen LogP contribution < -0.4 is 14.9 Å². The quantitative estimate of drug-likeness (QED) is 0.428. The number of nitro groups is 1. The second kappa shape index (κ2) is 8.06. The van der Waals surface area contributed by atoms with E-state index in [1.165, 1.54) is 10.4 Å². The number of anilines is 3. The molecule has 10 nitrogen and oxygen atoms in total. The minimum absolute atomic E-state index is 0.0365. The Hall–Kier alpha value is -3.54. The van der Waals surface area contributed by atoms with Crippen molar-refractivity contribution in [3.8, 4) is 0 Å². The molecule has 1 heterocycles. The highest BCUT2D eigenvalue weighted by atomic mass is 32.2. The largest absolute Gasteiger partial charge is 0.318 e. The molecule has 2 aromatic carbocycles. The van der Waals surface area contributed by atoms with E-state index in [1.54, 1.807) is 19.1 Å². The Labute approximate surface area is 170 Å². The van der Waals surface area contributed by atoms with Crippen LogP contribution >= 0.6 is 0 Å². The Kier molecular flexibility index (Phi) is 5.69. The van der Waals surface area contributed by atoms with Crippen molar-refractivity contribution in [3.63, 3.8) is 0 Å². The third-order valence-corrected chi connectivity index (χ3v) is 6.33. The van der Waals surface area contributed by atoms with Gasteiger partial charge in [-0.05, 0) is 43.2 Å². The Morgan fingerprint density at radius 1 is 1.13 bits per heavy atom. The van der Waals surface area contributed by atoms with Gasteiger partial charge >= 0.3 is 17.5 Å². The summed E-state index contributed by atoms with van der Waals surface area (Å²) in [5.74, 6) is -3.25. The van der Waals surface area contributed by atoms with E-state index in [2.05, 4.69) is 10.6 Å². The number of nitro benzene ring substituents is 1. The van der Waals surface area contributed by atoms with Crippen molar-refractivity contribution in [2.24, 2.45) is 0 Å². The molecule has 158 valence electrons. The number of halogens is 1. The van der Waals surface area contributed by atoms with Gasteiger partial charge in [0.1, 0.15) is 0 Å². The van der Waals surface area contributed by atoms with Crippen LogP contribution in [0.1, 0.15) is 12.0 Å². The predicted octanol–water partition coefficient (Wildman–Crippen LogP) is 2.16. The van der Waals surface area contributed by atoms with E-state index in [0.717, 1.165) is 18.2 Å². The number of hydrogen-bond donors (Lipinski definition) is 2. The van der Waals surface area contributed by atoms with Gasteiger partial charge in [0.2, 0.25) is 15.8 Å². The summed E-state index contributed by atoms with van der Waals surface area (Å²) in [5.41, 5.74) is 0.220. The maximum Gasteiger partial charge on any atom is 0.314 e. The Morgan fingerprint density at radius 3 is 2.47 bits per heavy atom. The van der Waals surface area contributed by atoms with Gasteiger partial charge in [-0.3, -0.25) is 24.0 Å². The molecule has 30 heavy (non-hydrogen) atoms. The molecular formula is C18H17FN4O6S. The molecule has 1 aliphatic heterocycles. The number of sulfonamides is 1.